The molecule has 1 atom stereocenters. The van der Waals surface area contributed by atoms with Crippen molar-refractivity contribution in [3.8, 4) is 22.8 Å². The molecule has 0 spiro atoms. The number of amides is 1. The van der Waals surface area contributed by atoms with Crippen LogP contribution in [-0.4, -0.2) is 54.7 Å². The van der Waals surface area contributed by atoms with Crippen LogP contribution in [0.5, 0.6) is 11.5 Å². The molecule has 2 aromatic carbocycles. The third-order valence-electron chi connectivity index (χ3n) is 6.36. The second kappa shape index (κ2) is 10.7. The number of hydrogen-bond donors (Lipinski definition) is 3. The van der Waals surface area contributed by atoms with Gasteiger partial charge in [-0.2, -0.15) is 0 Å². The molecule has 184 valence electrons. The van der Waals surface area contributed by atoms with E-state index < -0.39 is 0 Å². The Balaban J connectivity index is 0.00000361. The molecule has 2 heterocycles. The van der Waals surface area contributed by atoms with Crippen molar-refractivity contribution in [2.24, 2.45) is 0 Å². The van der Waals surface area contributed by atoms with E-state index in [1.807, 2.05) is 62.5 Å². The molecule has 7 heteroatoms. The highest BCUT2D eigenvalue weighted by molar-refractivity contribution is 6.01. The van der Waals surface area contributed by atoms with Crippen molar-refractivity contribution in [2.75, 3.05) is 32.5 Å². The zero-order valence-electron chi connectivity index (χ0n) is 20.8. The van der Waals surface area contributed by atoms with Gasteiger partial charge < -0.3 is 25.7 Å². The Labute approximate surface area is 208 Å². The Hall–Kier alpha value is -3.71. The number of carbonyl (C=O) groups excluding carboxylic acids is 1. The molecule has 0 radical (unpaired) electrons. The number of piperidine rings is 1. The Morgan fingerprint density at radius 3 is 2.63 bits per heavy atom. The number of aromatic nitrogens is 1. The van der Waals surface area contributed by atoms with Crippen LogP contribution in [0.15, 0.2) is 54.7 Å². The van der Waals surface area contributed by atoms with Gasteiger partial charge in [-0.1, -0.05) is 6.07 Å². The fourth-order valence-corrected chi connectivity index (χ4v) is 4.51. The molecule has 0 unspecified atom stereocenters. The Kier molecular flexibility index (Phi) is 7.46. The number of nitrogens with zero attached hydrogens (tertiary/aromatic N) is 2. The zero-order chi connectivity index (χ0) is 24.9. The minimum atomic E-state index is -0.0247. The van der Waals surface area contributed by atoms with Crippen molar-refractivity contribution in [1.29, 1.82) is 5.41 Å². The molecule has 0 bridgehead atoms. The SMILES string of the molecule is CNc1cc(Oc2ccnc(-c3ccc(C(=O)N[C@@H]4CCCN(C)C4)c(C)c3)c2)ccc1C(C)=N.[HH]. The second-order valence-electron chi connectivity index (χ2n) is 9.17. The van der Waals surface area contributed by atoms with E-state index in [1.54, 1.807) is 13.1 Å². The van der Waals surface area contributed by atoms with Crippen molar-refractivity contribution >= 4 is 17.3 Å². The lowest BCUT2D eigenvalue weighted by Gasteiger charge is -2.30. The topological polar surface area (TPSA) is 90.3 Å². The lowest BCUT2D eigenvalue weighted by Crippen LogP contribution is -2.46. The first-order valence-corrected chi connectivity index (χ1v) is 12.0. The number of benzene rings is 2. The highest BCUT2D eigenvalue weighted by atomic mass is 16.5. The number of hydrogen-bond acceptors (Lipinski definition) is 6. The smallest absolute Gasteiger partial charge is 0.251 e. The number of anilines is 1. The first-order chi connectivity index (χ1) is 16.8. The molecule has 1 amide bonds. The molecule has 0 aliphatic carbocycles. The van der Waals surface area contributed by atoms with E-state index >= 15 is 0 Å². The van der Waals surface area contributed by atoms with Crippen LogP contribution < -0.4 is 15.4 Å². The molecule has 1 aliphatic heterocycles. The third kappa shape index (κ3) is 5.87. The minimum absolute atomic E-state index is 0. The summed E-state index contributed by atoms with van der Waals surface area (Å²) in [7, 11) is 3.92. The minimum Gasteiger partial charge on any atom is -0.457 e. The van der Waals surface area contributed by atoms with E-state index in [0.717, 1.165) is 54.0 Å². The van der Waals surface area contributed by atoms with Gasteiger partial charge in [-0.3, -0.25) is 9.78 Å². The van der Waals surface area contributed by atoms with E-state index in [-0.39, 0.29) is 13.4 Å². The molecule has 3 aromatic rings. The van der Waals surface area contributed by atoms with Gasteiger partial charge in [0.2, 0.25) is 0 Å². The number of aryl methyl sites for hydroxylation is 1. The molecule has 0 saturated carbocycles. The van der Waals surface area contributed by atoms with Crippen molar-refractivity contribution in [1.82, 2.24) is 15.2 Å². The Morgan fingerprint density at radius 2 is 1.91 bits per heavy atom. The van der Waals surface area contributed by atoms with Gasteiger partial charge >= 0.3 is 0 Å². The lowest BCUT2D eigenvalue weighted by atomic mass is 10.0. The van der Waals surface area contributed by atoms with Crippen molar-refractivity contribution < 1.29 is 11.0 Å². The maximum absolute atomic E-state index is 12.9. The summed E-state index contributed by atoms with van der Waals surface area (Å²) in [6.45, 7) is 5.69. The van der Waals surface area contributed by atoms with E-state index in [1.165, 1.54) is 0 Å². The van der Waals surface area contributed by atoms with Gasteiger partial charge in [-0.25, -0.2) is 0 Å². The molecule has 1 aromatic heterocycles. The molecule has 7 nitrogen and oxygen atoms in total. The van der Waals surface area contributed by atoms with Crippen LogP contribution in [0.4, 0.5) is 5.69 Å². The van der Waals surface area contributed by atoms with Gasteiger partial charge in [0.25, 0.3) is 5.91 Å². The average Bonchev–Trinajstić information content (AvgIpc) is 2.83. The number of carbonyl (C=O) groups is 1. The van der Waals surface area contributed by atoms with Crippen LogP contribution in [-0.2, 0) is 0 Å². The summed E-state index contributed by atoms with van der Waals surface area (Å²) in [6.07, 6.45) is 3.84. The molecule has 4 rings (SSSR count). The van der Waals surface area contributed by atoms with Gasteiger partial charge in [0.05, 0.1) is 5.69 Å². The van der Waals surface area contributed by atoms with Crippen LogP contribution >= 0.6 is 0 Å². The number of likely N-dealkylation sites (N-methyl/N-ethyl adjacent to an activating group) is 1. The Bertz CT molecular complexity index is 1250. The van der Waals surface area contributed by atoms with Crippen LogP contribution in [0.25, 0.3) is 11.3 Å². The van der Waals surface area contributed by atoms with Crippen LogP contribution in [0.1, 0.15) is 42.7 Å². The van der Waals surface area contributed by atoms with Crippen molar-refractivity contribution in [2.45, 2.75) is 32.7 Å². The molecular formula is C28H35N5O2. The summed E-state index contributed by atoms with van der Waals surface area (Å²) in [4.78, 5) is 19.7. The van der Waals surface area contributed by atoms with Gasteiger partial charge in [0.1, 0.15) is 11.5 Å². The Morgan fingerprint density at radius 1 is 1.14 bits per heavy atom. The molecule has 1 saturated heterocycles. The van der Waals surface area contributed by atoms with E-state index in [2.05, 4.69) is 27.6 Å². The molecular weight excluding hydrogens is 438 g/mol. The quantitative estimate of drug-likeness (QED) is 0.403. The van der Waals surface area contributed by atoms with Crippen LogP contribution in [0, 0.1) is 12.3 Å². The fourth-order valence-electron chi connectivity index (χ4n) is 4.51. The summed E-state index contributed by atoms with van der Waals surface area (Å²) < 4.78 is 6.08. The maximum atomic E-state index is 12.9. The van der Waals surface area contributed by atoms with Gasteiger partial charge in [-0.15, -0.1) is 0 Å². The second-order valence-corrected chi connectivity index (χ2v) is 9.17. The largest absolute Gasteiger partial charge is 0.457 e. The highest BCUT2D eigenvalue weighted by Crippen LogP contribution is 2.30. The number of rotatable bonds is 7. The first kappa shape index (κ1) is 24.4. The van der Waals surface area contributed by atoms with Crippen LogP contribution in [0.3, 0.4) is 0 Å². The number of pyridine rings is 1. The number of likely N-dealkylation sites (tertiary alicyclic amines) is 1. The fraction of sp³-hybridized carbons (Fsp3) is 0.321. The monoisotopic (exact) mass is 473 g/mol. The molecule has 1 aliphatic rings. The maximum Gasteiger partial charge on any atom is 0.251 e. The van der Waals surface area contributed by atoms with Crippen LogP contribution in [0.2, 0.25) is 0 Å². The summed E-state index contributed by atoms with van der Waals surface area (Å²) in [5.41, 5.74) is 5.47. The predicted octanol–water partition coefficient (Wildman–Crippen LogP) is 5.35. The predicted molar refractivity (Wildman–Crippen MR) is 143 cm³/mol. The van der Waals surface area contributed by atoms with E-state index in [4.69, 9.17) is 10.1 Å². The number of ether oxygens (including phenoxy) is 1. The van der Waals surface area contributed by atoms with Gasteiger partial charge in [0.15, 0.2) is 0 Å². The average molecular weight is 474 g/mol. The lowest BCUT2D eigenvalue weighted by molar-refractivity contribution is 0.0912. The number of nitrogens with one attached hydrogen (secondary N) is 3. The zero-order valence-corrected chi connectivity index (χ0v) is 20.8. The molecule has 1 fully saturated rings. The van der Waals surface area contributed by atoms with E-state index in [0.29, 0.717) is 22.8 Å². The van der Waals surface area contributed by atoms with Gasteiger partial charge in [-0.05, 0) is 76.2 Å². The van der Waals surface area contributed by atoms with Crippen molar-refractivity contribution in [3.63, 3.8) is 0 Å². The summed E-state index contributed by atoms with van der Waals surface area (Å²) in [5, 5.41) is 14.2. The standard InChI is InChI=1S/C28H33N5O2.H2/c1-18-14-20(7-9-24(18)28(34)32-21-6-5-13-33(4)17-21)26-15-23(11-12-31-26)35-22-8-10-25(19(2)29)27(16-22)30-3;/h7-12,14-16,21,29-30H,5-6,13,17H2,1-4H3,(H,32,34);1H/t21-;/m1./s1. The summed E-state index contributed by atoms with van der Waals surface area (Å²) in [5.74, 6) is 1.31. The third-order valence-corrected chi connectivity index (χ3v) is 6.36. The van der Waals surface area contributed by atoms with Gasteiger partial charge in [0, 0.05) is 67.5 Å². The van der Waals surface area contributed by atoms with Crippen molar-refractivity contribution in [3.05, 3.63) is 71.4 Å². The normalized spacial score (nSPS) is 15.9. The first-order valence-electron chi connectivity index (χ1n) is 12.0. The molecule has 35 heavy (non-hydrogen) atoms. The van der Waals surface area contributed by atoms with E-state index in [9.17, 15) is 4.79 Å². The highest BCUT2D eigenvalue weighted by Gasteiger charge is 2.20. The summed E-state index contributed by atoms with van der Waals surface area (Å²) in [6, 6.07) is 15.3. The molecule has 3 N–H and O–H groups in total. The summed E-state index contributed by atoms with van der Waals surface area (Å²) >= 11 is 0.